The van der Waals surface area contributed by atoms with Gasteiger partial charge in [-0.15, -0.1) is 0 Å². The number of nitro benzene ring substituents is 1. The molecule has 8 nitrogen and oxygen atoms in total. The minimum atomic E-state index is -0.626. The fourth-order valence-electron chi connectivity index (χ4n) is 1.92. The molecule has 0 saturated carbocycles. The summed E-state index contributed by atoms with van der Waals surface area (Å²) in [6, 6.07) is 14.3. The molecule has 0 bridgehead atoms. The van der Waals surface area contributed by atoms with Crippen LogP contribution >= 0.6 is 12.2 Å². The number of nitrogens with zero attached hydrogens (tertiary/aromatic N) is 1. The third-order valence-corrected chi connectivity index (χ3v) is 3.27. The zero-order chi connectivity index (χ0) is 18.2. The third-order valence-electron chi connectivity index (χ3n) is 3.07. The average Bonchev–Trinajstić information content (AvgIpc) is 2.61. The van der Waals surface area contributed by atoms with Gasteiger partial charge in [0.05, 0.1) is 11.3 Å². The topological polar surface area (TPSA) is 113 Å². The predicted octanol–water partition coefficient (Wildman–Crippen LogP) is 1.47. The van der Waals surface area contributed by atoms with E-state index in [0.717, 1.165) is 11.6 Å². The van der Waals surface area contributed by atoms with Crippen LogP contribution in [0.5, 0.6) is 0 Å². The minimum absolute atomic E-state index is 0.0777. The van der Waals surface area contributed by atoms with Gasteiger partial charge in [-0.2, -0.15) is 0 Å². The molecule has 0 saturated heterocycles. The highest BCUT2D eigenvalue weighted by Gasteiger charge is 2.13. The van der Waals surface area contributed by atoms with Gasteiger partial charge in [0.2, 0.25) is 5.91 Å². The van der Waals surface area contributed by atoms with Crippen LogP contribution in [-0.4, -0.2) is 21.9 Å². The zero-order valence-corrected chi connectivity index (χ0v) is 13.7. The first-order chi connectivity index (χ1) is 12.0. The first kappa shape index (κ1) is 18.0. The average molecular weight is 358 g/mol. The molecule has 3 N–H and O–H groups in total. The van der Waals surface area contributed by atoms with Gasteiger partial charge >= 0.3 is 0 Å². The van der Waals surface area contributed by atoms with Gasteiger partial charge in [0, 0.05) is 17.7 Å². The van der Waals surface area contributed by atoms with Crippen molar-refractivity contribution in [1.82, 2.24) is 16.2 Å². The second-order valence-electron chi connectivity index (χ2n) is 4.93. The number of thiocarbonyl (C=S) groups is 1. The number of nitro groups is 1. The van der Waals surface area contributed by atoms with Crippen molar-refractivity contribution >= 4 is 34.8 Å². The summed E-state index contributed by atoms with van der Waals surface area (Å²) in [5.41, 5.74) is 5.47. The summed E-state index contributed by atoms with van der Waals surface area (Å²) < 4.78 is 0. The van der Waals surface area contributed by atoms with Crippen LogP contribution in [0, 0.1) is 10.1 Å². The number of hydrazine groups is 1. The Hall–Kier alpha value is -3.33. The molecule has 0 heterocycles. The number of hydrogen-bond donors (Lipinski definition) is 3. The Morgan fingerprint density at radius 2 is 1.76 bits per heavy atom. The number of amides is 2. The van der Waals surface area contributed by atoms with Crippen LogP contribution in [0.25, 0.3) is 0 Å². The Morgan fingerprint density at radius 3 is 2.44 bits per heavy atom. The molecule has 0 fully saturated rings. The first-order valence-corrected chi connectivity index (χ1v) is 7.55. The van der Waals surface area contributed by atoms with Gasteiger partial charge < -0.3 is 0 Å². The quantitative estimate of drug-likeness (QED) is 0.433. The summed E-state index contributed by atoms with van der Waals surface area (Å²) in [7, 11) is 0. The Bertz CT molecular complexity index is 811. The molecule has 2 aromatic rings. The van der Waals surface area contributed by atoms with Crippen LogP contribution in [0.3, 0.4) is 0 Å². The highest BCUT2D eigenvalue weighted by molar-refractivity contribution is 7.80. The monoisotopic (exact) mass is 358 g/mol. The lowest BCUT2D eigenvalue weighted by Gasteiger charge is -2.10. The fraction of sp³-hybridized carbons (Fsp3) is 0.0625. The SMILES string of the molecule is O=C(Cc1ccccc1)NNC(=S)NC(=O)c1cccc([N+](=O)[O-])c1. The number of hydrogen-bond acceptors (Lipinski definition) is 5. The molecule has 2 amide bonds. The van der Waals surface area contributed by atoms with Crippen molar-refractivity contribution in [3.8, 4) is 0 Å². The van der Waals surface area contributed by atoms with E-state index in [1.54, 1.807) is 0 Å². The molecule has 0 aliphatic heterocycles. The van der Waals surface area contributed by atoms with Gasteiger partial charge in [0.25, 0.3) is 11.6 Å². The molecule has 2 rings (SSSR count). The van der Waals surface area contributed by atoms with Crippen molar-refractivity contribution in [1.29, 1.82) is 0 Å². The molecule has 0 aliphatic rings. The van der Waals surface area contributed by atoms with Gasteiger partial charge in [-0.3, -0.25) is 35.9 Å². The van der Waals surface area contributed by atoms with Crippen LogP contribution in [0.4, 0.5) is 5.69 Å². The van der Waals surface area contributed by atoms with E-state index in [-0.39, 0.29) is 28.7 Å². The van der Waals surface area contributed by atoms with E-state index in [1.165, 1.54) is 18.2 Å². The highest BCUT2D eigenvalue weighted by atomic mass is 32.1. The predicted molar refractivity (Wildman–Crippen MR) is 94.6 cm³/mol. The smallest absolute Gasteiger partial charge is 0.270 e. The van der Waals surface area contributed by atoms with Crippen LogP contribution in [-0.2, 0) is 11.2 Å². The normalized spacial score (nSPS) is 9.76. The van der Waals surface area contributed by atoms with E-state index in [9.17, 15) is 19.7 Å². The molecule has 9 heteroatoms. The summed E-state index contributed by atoms with van der Waals surface area (Å²) in [5.74, 6) is -0.961. The molecule has 128 valence electrons. The van der Waals surface area contributed by atoms with Crippen LogP contribution in [0.15, 0.2) is 54.6 Å². The molecule has 0 atom stereocenters. The standard InChI is InChI=1S/C16H14N4O4S/c21-14(9-11-5-2-1-3-6-11)18-19-16(25)17-15(22)12-7-4-8-13(10-12)20(23)24/h1-8,10H,9H2,(H,18,21)(H2,17,19,22,25). The van der Waals surface area contributed by atoms with Crippen molar-refractivity contribution in [2.45, 2.75) is 6.42 Å². The van der Waals surface area contributed by atoms with Crippen molar-refractivity contribution in [3.05, 3.63) is 75.8 Å². The van der Waals surface area contributed by atoms with Gasteiger partial charge in [-0.25, -0.2) is 0 Å². The summed E-state index contributed by atoms with van der Waals surface area (Å²) in [6.45, 7) is 0. The van der Waals surface area contributed by atoms with Crippen LogP contribution in [0.2, 0.25) is 0 Å². The highest BCUT2D eigenvalue weighted by Crippen LogP contribution is 2.12. The lowest BCUT2D eigenvalue weighted by molar-refractivity contribution is -0.384. The maximum atomic E-state index is 12.0. The molecular weight excluding hydrogens is 344 g/mol. The van der Waals surface area contributed by atoms with Crippen molar-refractivity contribution in [3.63, 3.8) is 0 Å². The maximum absolute atomic E-state index is 12.0. The number of benzene rings is 2. The lowest BCUT2D eigenvalue weighted by Crippen LogP contribution is -2.48. The summed E-state index contributed by atoms with van der Waals surface area (Å²) >= 11 is 4.91. The number of carbonyl (C=O) groups is 2. The summed E-state index contributed by atoms with van der Waals surface area (Å²) in [4.78, 5) is 33.9. The van der Waals surface area contributed by atoms with E-state index in [4.69, 9.17) is 12.2 Å². The zero-order valence-electron chi connectivity index (χ0n) is 12.9. The van der Waals surface area contributed by atoms with Crippen LogP contribution < -0.4 is 16.2 Å². The van der Waals surface area contributed by atoms with Crippen molar-refractivity contribution in [2.75, 3.05) is 0 Å². The number of rotatable bonds is 4. The Morgan fingerprint density at radius 1 is 1.04 bits per heavy atom. The van der Waals surface area contributed by atoms with Gasteiger partial charge in [0.15, 0.2) is 5.11 Å². The van der Waals surface area contributed by atoms with Gasteiger partial charge in [-0.05, 0) is 23.8 Å². The van der Waals surface area contributed by atoms with Gasteiger partial charge in [0.1, 0.15) is 0 Å². The number of nitrogens with one attached hydrogen (secondary N) is 3. The Kier molecular flexibility index (Phi) is 6.13. The molecule has 0 aliphatic carbocycles. The molecular formula is C16H14N4O4S. The lowest BCUT2D eigenvalue weighted by atomic mass is 10.1. The van der Waals surface area contributed by atoms with Gasteiger partial charge in [-0.1, -0.05) is 36.4 Å². The summed E-state index contributed by atoms with van der Waals surface area (Å²) in [5, 5.41) is 12.9. The molecule has 0 radical (unpaired) electrons. The Labute approximate surface area is 148 Å². The minimum Gasteiger partial charge on any atom is -0.298 e. The maximum Gasteiger partial charge on any atom is 0.270 e. The van der Waals surface area contributed by atoms with E-state index in [0.29, 0.717) is 0 Å². The summed E-state index contributed by atoms with van der Waals surface area (Å²) in [6.07, 6.45) is 0.148. The number of non-ortho nitro benzene ring substituents is 1. The third kappa shape index (κ3) is 5.66. The molecule has 0 spiro atoms. The molecule has 0 aromatic heterocycles. The second kappa shape index (κ2) is 8.50. The van der Waals surface area contributed by atoms with E-state index >= 15 is 0 Å². The van der Waals surface area contributed by atoms with Crippen molar-refractivity contribution < 1.29 is 14.5 Å². The van der Waals surface area contributed by atoms with E-state index in [1.807, 2.05) is 30.3 Å². The van der Waals surface area contributed by atoms with Crippen LogP contribution in [0.1, 0.15) is 15.9 Å². The molecule has 25 heavy (non-hydrogen) atoms. The van der Waals surface area contributed by atoms with E-state index < -0.39 is 10.8 Å². The number of carbonyl (C=O) groups excluding carboxylic acids is 2. The van der Waals surface area contributed by atoms with E-state index in [2.05, 4.69) is 16.2 Å². The van der Waals surface area contributed by atoms with Crippen molar-refractivity contribution in [2.24, 2.45) is 0 Å². The molecule has 0 unspecified atom stereocenters. The fourth-order valence-corrected chi connectivity index (χ4v) is 2.06. The largest absolute Gasteiger partial charge is 0.298 e. The first-order valence-electron chi connectivity index (χ1n) is 7.14. The Balaban J connectivity index is 1.83. The second-order valence-corrected chi connectivity index (χ2v) is 5.33. The molecule has 2 aromatic carbocycles.